The van der Waals surface area contributed by atoms with Gasteiger partial charge in [-0.1, -0.05) is 36.4 Å². The van der Waals surface area contributed by atoms with E-state index in [-0.39, 0.29) is 17.2 Å². The lowest BCUT2D eigenvalue weighted by Crippen LogP contribution is -2.23. The van der Waals surface area contributed by atoms with Crippen molar-refractivity contribution >= 4 is 22.5 Å². The van der Waals surface area contributed by atoms with Crippen molar-refractivity contribution in [1.82, 2.24) is 10.3 Å². The van der Waals surface area contributed by atoms with Gasteiger partial charge in [0.1, 0.15) is 5.75 Å². The monoisotopic (exact) mass is 457 g/mol. The fraction of sp³-hybridized carbons (Fsp3) is 0.185. The molecule has 4 aromatic rings. The molecule has 0 bridgehead atoms. The number of phenols is 1. The molecule has 0 aliphatic rings. The maximum absolute atomic E-state index is 12.3. The highest BCUT2D eigenvalue weighted by molar-refractivity contribution is 6.04. The Kier molecular flexibility index (Phi) is 7.37. The van der Waals surface area contributed by atoms with Gasteiger partial charge >= 0.3 is 0 Å². The van der Waals surface area contributed by atoms with E-state index in [0.717, 1.165) is 24.1 Å². The van der Waals surface area contributed by atoms with E-state index in [1.807, 2.05) is 42.5 Å². The minimum Gasteiger partial charge on any atom is -0.506 e. The van der Waals surface area contributed by atoms with Crippen molar-refractivity contribution in [3.8, 4) is 5.75 Å². The van der Waals surface area contributed by atoms with Crippen LogP contribution < -0.4 is 16.2 Å². The Morgan fingerprint density at radius 3 is 2.62 bits per heavy atom. The quantitative estimate of drug-likeness (QED) is 0.246. The van der Waals surface area contributed by atoms with Crippen LogP contribution >= 0.6 is 0 Å². The molecule has 1 atom stereocenters. The number of phenolic OH excluding ortho intramolecular Hbond substituents is 1. The number of hydrogen-bond donors (Lipinski definition) is 5. The third-order valence-corrected chi connectivity index (χ3v) is 5.64. The SMILES string of the molecule is O=C(Nc1cccc(CCCNCC(O)c2ccc(O)c3[nH]c(=O)ccc23)c1)c1ccccc1. The summed E-state index contributed by atoms with van der Waals surface area (Å²) in [4.78, 5) is 26.5. The number of aliphatic hydroxyl groups excluding tert-OH is 1. The van der Waals surface area contributed by atoms with Crippen molar-refractivity contribution < 1.29 is 15.0 Å². The summed E-state index contributed by atoms with van der Waals surface area (Å²) in [5.74, 6) is -0.168. The van der Waals surface area contributed by atoms with Crippen molar-refractivity contribution in [2.24, 2.45) is 0 Å². The number of aromatic amines is 1. The number of carbonyl (C=O) groups excluding carboxylic acids is 1. The zero-order chi connectivity index (χ0) is 23.9. The molecule has 3 aromatic carbocycles. The normalized spacial score (nSPS) is 11.9. The maximum atomic E-state index is 12.3. The Morgan fingerprint density at radius 2 is 1.79 bits per heavy atom. The van der Waals surface area contributed by atoms with Crippen molar-refractivity contribution in [3.63, 3.8) is 0 Å². The molecule has 1 heterocycles. The van der Waals surface area contributed by atoms with Crippen LogP contribution in [0.3, 0.4) is 0 Å². The average Bonchev–Trinajstić information content (AvgIpc) is 2.85. The van der Waals surface area contributed by atoms with E-state index in [9.17, 15) is 19.8 Å². The van der Waals surface area contributed by atoms with E-state index >= 15 is 0 Å². The van der Waals surface area contributed by atoms with E-state index in [1.54, 1.807) is 24.3 Å². The third-order valence-electron chi connectivity index (χ3n) is 5.64. The number of H-pyrrole nitrogens is 1. The summed E-state index contributed by atoms with van der Waals surface area (Å²) in [5, 5.41) is 27.4. The van der Waals surface area contributed by atoms with E-state index in [2.05, 4.69) is 15.6 Å². The van der Waals surface area contributed by atoms with Crippen LogP contribution in [0.5, 0.6) is 5.75 Å². The number of anilines is 1. The minimum atomic E-state index is -0.787. The molecule has 0 saturated heterocycles. The average molecular weight is 458 g/mol. The molecular weight excluding hydrogens is 430 g/mol. The van der Waals surface area contributed by atoms with Crippen LogP contribution in [0.4, 0.5) is 5.69 Å². The first kappa shape index (κ1) is 23.2. The topological polar surface area (TPSA) is 114 Å². The van der Waals surface area contributed by atoms with Gasteiger partial charge in [0.25, 0.3) is 5.91 Å². The largest absolute Gasteiger partial charge is 0.506 e. The lowest BCUT2D eigenvalue weighted by Gasteiger charge is -2.15. The number of nitrogens with one attached hydrogen (secondary N) is 3. The van der Waals surface area contributed by atoms with Gasteiger partial charge in [0.05, 0.1) is 11.6 Å². The molecule has 0 spiro atoms. The molecule has 34 heavy (non-hydrogen) atoms. The molecule has 7 nitrogen and oxygen atoms in total. The summed E-state index contributed by atoms with van der Waals surface area (Å²) < 4.78 is 0. The number of aromatic hydroxyl groups is 1. The van der Waals surface area contributed by atoms with Gasteiger partial charge in [-0.15, -0.1) is 0 Å². The van der Waals surface area contributed by atoms with E-state index in [1.165, 1.54) is 12.1 Å². The summed E-state index contributed by atoms with van der Waals surface area (Å²) in [5.41, 5.74) is 3.13. The van der Waals surface area contributed by atoms with Gasteiger partial charge in [-0.3, -0.25) is 9.59 Å². The van der Waals surface area contributed by atoms with Crippen molar-refractivity contribution in [2.45, 2.75) is 18.9 Å². The van der Waals surface area contributed by atoms with E-state index in [0.29, 0.717) is 35.1 Å². The van der Waals surface area contributed by atoms with Gasteiger partial charge < -0.3 is 25.8 Å². The van der Waals surface area contributed by atoms with Crippen LogP contribution in [-0.2, 0) is 6.42 Å². The molecule has 0 aliphatic carbocycles. The Balaban J connectivity index is 1.27. The van der Waals surface area contributed by atoms with Crippen molar-refractivity contribution in [2.75, 3.05) is 18.4 Å². The second-order valence-electron chi connectivity index (χ2n) is 8.13. The van der Waals surface area contributed by atoms with E-state index in [4.69, 9.17) is 0 Å². The highest BCUT2D eigenvalue weighted by Crippen LogP contribution is 2.28. The minimum absolute atomic E-state index is 0.0289. The standard InChI is InChI=1S/C27H27N3O4/c31-23-13-11-21(22-12-14-25(33)30-26(22)23)24(32)17-28-15-5-7-18-6-4-10-20(16-18)29-27(34)19-8-2-1-3-9-19/h1-4,6,8-14,16,24,28,31-32H,5,7,15,17H2,(H,29,34)(H,30,33). The Bertz CT molecular complexity index is 1330. The molecule has 0 saturated carbocycles. The summed E-state index contributed by atoms with van der Waals surface area (Å²) in [6.07, 6.45) is 0.888. The molecule has 4 rings (SSSR count). The van der Waals surface area contributed by atoms with E-state index < -0.39 is 6.10 Å². The highest BCUT2D eigenvalue weighted by Gasteiger charge is 2.13. The fourth-order valence-corrected chi connectivity index (χ4v) is 3.91. The van der Waals surface area contributed by atoms with Crippen LogP contribution in [0.2, 0.25) is 0 Å². The molecule has 1 aromatic heterocycles. The lowest BCUT2D eigenvalue weighted by molar-refractivity contribution is 0.102. The Hall–Kier alpha value is -3.94. The summed E-state index contributed by atoms with van der Waals surface area (Å²) >= 11 is 0. The zero-order valence-electron chi connectivity index (χ0n) is 18.6. The second-order valence-corrected chi connectivity index (χ2v) is 8.13. The van der Waals surface area contributed by atoms with Crippen molar-refractivity contribution in [1.29, 1.82) is 0 Å². The predicted octanol–water partition coefficient (Wildman–Crippen LogP) is 3.74. The second kappa shape index (κ2) is 10.8. The molecule has 174 valence electrons. The fourth-order valence-electron chi connectivity index (χ4n) is 3.91. The first-order valence-corrected chi connectivity index (χ1v) is 11.2. The van der Waals surface area contributed by atoms with Gasteiger partial charge in [-0.25, -0.2) is 0 Å². The summed E-state index contributed by atoms with van der Waals surface area (Å²) in [7, 11) is 0. The predicted molar refractivity (Wildman–Crippen MR) is 133 cm³/mol. The maximum Gasteiger partial charge on any atom is 0.255 e. The number of pyridine rings is 1. The number of benzene rings is 3. The van der Waals surface area contributed by atoms with Gasteiger partial charge in [-0.05, 0) is 66.9 Å². The molecule has 5 N–H and O–H groups in total. The number of hydrogen-bond acceptors (Lipinski definition) is 5. The van der Waals surface area contributed by atoms with Crippen LogP contribution in [0.1, 0.15) is 34.0 Å². The Labute approximate surface area is 197 Å². The number of carbonyl (C=O) groups is 1. The number of aryl methyl sites for hydroxylation is 1. The summed E-state index contributed by atoms with van der Waals surface area (Å²) in [6, 6.07) is 23.0. The van der Waals surface area contributed by atoms with Gasteiger partial charge in [-0.2, -0.15) is 0 Å². The molecular formula is C27H27N3O4. The van der Waals surface area contributed by atoms with Crippen molar-refractivity contribution in [3.05, 3.63) is 106 Å². The zero-order valence-corrected chi connectivity index (χ0v) is 18.6. The first-order chi connectivity index (χ1) is 16.5. The molecule has 0 radical (unpaired) electrons. The highest BCUT2D eigenvalue weighted by atomic mass is 16.3. The number of aromatic nitrogens is 1. The summed E-state index contributed by atoms with van der Waals surface area (Å²) in [6.45, 7) is 1.04. The lowest BCUT2D eigenvalue weighted by atomic mass is 10.0. The molecule has 1 unspecified atom stereocenters. The van der Waals surface area contributed by atoms with Gasteiger partial charge in [0, 0.05) is 29.2 Å². The van der Waals surface area contributed by atoms with Crippen LogP contribution in [0, 0.1) is 0 Å². The van der Waals surface area contributed by atoms with Gasteiger partial charge in [0.15, 0.2) is 0 Å². The molecule has 0 aliphatic heterocycles. The molecule has 1 amide bonds. The van der Waals surface area contributed by atoms with Crippen LogP contribution in [-0.4, -0.2) is 34.2 Å². The number of aliphatic hydroxyl groups is 1. The number of amides is 1. The smallest absolute Gasteiger partial charge is 0.255 e. The van der Waals surface area contributed by atoms with Gasteiger partial charge in [0.2, 0.25) is 5.56 Å². The van der Waals surface area contributed by atoms with Crippen LogP contribution in [0.25, 0.3) is 10.9 Å². The third kappa shape index (κ3) is 5.70. The number of fused-ring (bicyclic) bond motifs is 1. The first-order valence-electron chi connectivity index (χ1n) is 11.2. The molecule has 7 heteroatoms. The number of rotatable bonds is 9. The Morgan fingerprint density at radius 1 is 0.971 bits per heavy atom. The molecule has 0 fully saturated rings. The van der Waals surface area contributed by atoms with Crippen LogP contribution in [0.15, 0.2) is 83.7 Å².